The van der Waals surface area contributed by atoms with Crippen LogP contribution in [-0.4, -0.2) is 28.3 Å². The molecule has 0 unspecified atom stereocenters. The summed E-state index contributed by atoms with van der Waals surface area (Å²) in [7, 11) is 0. The van der Waals surface area contributed by atoms with E-state index in [9.17, 15) is 14.4 Å². The van der Waals surface area contributed by atoms with Gasteiger partial charge in [-0.15, -0.1) is 0 Å². The summed E-state index contributed by atoms with van der Waals surface area (Å²) in [4.78, 5) is 37.3. The summed E-state index contributed by atoms with van der Waals surface area (Å²) in [6, 6.07) is 12.0. The Hall–Kier alpha value is -3.19. The minimum absolute atomic E-state index is 0.0936. The second kappa shape index (κ2) is 8.87. The van der Waals surface area contributed by atoms with Crippen molar-refractivity contribution in [2.45, 2.75) is 26.8 Å². The molecule has 0 aliphatic heterocycles. The van der Waals surface area contributed by atoms with E-state index in [0.29, 0.717) is 27.2 Å². The van der Waals surface area contributed by atoms with E-state index in [1.165, 1.54) is 0 Å². The molecule has 3 aromatic rings. The first kappa shape index (κ1) is 20.5. The second-order valence-corrected chi connectivity index (χ2v) is 6.80. The van der Waals surface area contributed by atoms with Crippen molar-refractivity contribution in [3.8, 4) is 0 Å². The Morgan fingerprint density at radius 1 is 1.14 bits per heavy atom. The summed E-state index contributed by atoms with van der Waals surface area (Å²) in [6.07, 6.45) is -0.0936. The third-order valence-corrected chi connectivity index (χ3v) is 4.81. The molecule has 0 radical (unpaired) electrons. The molecule has 1 amide bonds. The average Bonchev–Trinajstić information content (AvgIpc) is 2.69. The Morgan fingerprint density at radius 2 is 1.86 bits per heavy atom. The SMILES string of the molecule is CCOC(=O)Cc1nn(CC(=O)Nc2cccc(Cl)c2C)c(=O)c2ccccc12. The molecule has 7 nitrogen and oxygen atoms in total. The molecular formula is C21H20ClN3O4. The van der Waals surface area contributed by atoms with Crippen molar-refractivity contribution in [3.63, 3.8) is 0 Å². The standard InChI is InChI=1S/C21H20ClN3O4/c1-3-29-20(27)11-18-14-7-4-5-8-15(14)21(28)25(24-18)12-19(26)23-17-10-6-9-16(22)13(17)2/h4-10H,3,11-12H2,1-2H3,(H,23,26). The highest BCUT2D eigenvalue weighted by Crippen LogP contribution is 2.23. The maximum Gasteiger partial charge on any atom is 0.311 e. The van der Waals surface area contributed by atoms with Crippen molar-refractivity contribution in [1.29, 1.82) is 0 Å². The molecule has 1 N–H and O–H groups in total. The molecule has 1 heterocycles. The predicted molar refractivity (Wildman–Crippen MR) is 111 cm³/mol. The number of hydrogen-bond acceptors (Lipinski definition) is 5. The Bertz CT molecular complexity index is 1140. The van der Waals surface area contributed by atoms with Gasteiger partial charge in [0.15, 0.2) is 0 Å². The number of halogens is 1. The van der Waals surface area contributed by atoms with Gasteiger partial charge in [-0.1, -0.05) is 35.9 Å². The Labute approximate surface area is 172 Å². The number of nitrogens with one attached hydrogen (secondary N) is 1. The number of aromatic nitrogens is 2. The fourth-order valence-corrected chi connectivity index (χ4v) is 3.13. The van der Waals surface area contributed by atoms with E-state index < -0.39 is 17.4 Å². The summed E-state index contributed by atoms with van der Waals surface area (Å²) in [5.41, 5.74) is 1.25. The molecule has 2 aromatic carbocycles. The van der Waals surface area contributed by atoms with Crippen molar-refractivity contribution in [3.05, 3.63) is 69.1 Å². The molecule has 0 spiro atoms. The second-order valence-electron chi connectivity index (χ2n) is 6.40. The van der Waals surface area contributed by atoms with Gasteiger partial charge >= 0.3 is 5.97 Å². The summed E-state index contributed by atoms with van der Waals surface area (Å²) < 4.78 is 6.05. The topological polar surface area (TPSA) is 90.3 Å². The van der Waals surface area contributed by atoms with Crippen LogP contribution in [0.15, 0.2) is 47.3 Å². The number of esters is 1. The lowest BCUT2D eigenvalue weighted by Gasteiger charge is -2.12. The van der Waals surface area contributed by atoms with E-state index in [2.05, 4.69) is 10.4 Å². The number of benzene rings is 2. The molecule has 0 saturated heterocycles. The van der Waals surface area contributed by atoms with Crippen molar-refractivity contribution in [2.75, 3.05) is 11.9 Å². The Kier molecular flexibility index (Phi) is 6.29. The molecule has 0 atom stereocenters. The van der Waals surface area contributed by atoms with Crippen LogP contribution in [0, 0.1) is 6.92 Å². The van der Waals surface area contributed by atoms with Crippen LogP contribution in [0.4, 0.5) is 5.69 Å². The van der Waals surface area contributed by atoms with E-state index in [0.717, 1.165) is 10.2 Å². The predicted octanol–water partition coefficient (Wildman–Crippen LogP) is 3.10. The normalized spacial score (nSPS) is 10.7. The highest BCUT2D eigenvalue weighted by molar-refractivity contribution is 6.31. The first-order valence-electron chi connectivity index (χ1n) is 9.10. The summed E-state index contributed by atoms with van der Waals surface area (Å²) >= 11 is 6.08. The van der Waals surface area contributed by atoms with Crippen LogP contribution in [0.1, 0.15) is 18.2 Å². The largest absolute Gasteiger partial charge is 0.466 e. The highest BCUT2D eigenvalue weighted by atomic mass is 35.5. The molecule has 3 rings (SSSR count). The molecule has 29 heavy (non-hydrogen) atoms. The molecule has 0 aliphatic rings. The fourth-order valence-electron chi connectivity index (χ4n) is 2.96. The number of ether oxygens (including phenoxy) is 1. The van der Waals surface area contributed by atoms with Crippen LogP contribution in [-0.2, 0) is 27.3 Å². The van der Waals surface area contributed by atoms with E-state index in [1.54, 1.807) is 56.3 Å². The van der Waals surface area contributed by atoms with Crippen LogP contribution in [0.25, 0.3) is 10.8 Å². The first-order chi connectivity index (χ1) is 13.9. The molecule has 1 aromatic heterocycles. The van der Waals surface area contributed by atoms with Gasteiger partial charge in [-0.05, 0) is 37.6 Å². The number of amides is 1. The smallest absolute Gasteiger partial charge is 0.311 e. The first-order valence-corrected chi connectivity index (χ1v) is 9.47. The van der Waals surface area contributed by atoms with Gasteiger partial charge in [-0.25, -0.2) is 4.68 Å². The van der Waals surface area contributed by atoms with Crippen LogP contribution in [0.3, 0.4) is 0 Å². The number of hydrogen-bond donors (Lipinski definition) is 1. The Morgan fingerprint density at radius 3 is 2.59 bits per heavy atom. The summed E-state index contributed by atoms with van der Waals surface area (Å²) in [5.74, 6) is -0.878. The maximum atomic E-state index is 12.8. The Balaban J connectivity index is 1.93. The number of nitrogens with zero attached hydrogens (tertiary/aromatic N) is 2. The van der Waals surface area contributed by atoms with Crippen molar-refractivity contribution in [2.24, 2.45) is 0 Å². The number of carbonyl (C=O) groups is 2. The number of carbonyl (C=O) groups excluding carboxylic acids is 2. The van der Waals surface area contributed by atoms with E-state index in [4.69, 9.17) is 16.3 Å². The molecule has 150 valence electrons. The quantitative estimate of drug-likeness (QED) is 0.627. The number of rotatable bonds is 6. The molecule has 0 aliphatic carbocycles. The lowest BCUT2D eigenvalue weighted by Crippen LogP contribution is -2.31. The van der Waals surface area contributed by atoms with Crippen LogP contribution >= 0.6 is 11.6 Å². The number of anilines is 1. The van der Waals surface area contributed by atoms with E-state index in [-0.39, 0.29) is 19.6 Å². The zero-order valence-electron chi connectivity index (χ0n) is 16.1. The minimum atomic E-state index is -0.450. The van der Waals surface area contributed by atoms with E-state index in [1.807, 2.05) is 0 Å². The van der Waals surface area contributed by atoms with E-state index >= 15 is 0 Å². The summed E-state index contributed by atoms with van der Waals surface area (Å²) in [5, 5.41) is 8.48. The molecule has 0 saturated carbocycles. The zero-order chi connectivity index (χ0) is 21.0. The van der Waals surface area contributed by atoms with Gasteiger partial charge in [-0.2, -0.15) is 5.10 Å². The van der Waals surface area contributed by atoms with Crippen LogP contribution in [0.5, 0.6) is 0 Å². The van der Waals surface area contributed by atoms with Crippen molar-refractivity contribution < 1.29 is 14.3 Å². The lowest BCUT2D eigenvalue weighted by atomic mass is 10.1. The molecule has 0 bridgehead atoms. The average molecular weight is 414 g/mol. The molecule has 0 fully saturated rings. The zero-order valence-corrected chi connectivity index (χ0v) is 16.8. The third kappa shape index (κ3) is 4.63. The van der Waals surface area contributed by atoms with Crippen LogP contribution < -0.4 is 10.9 Å². The minimum Gasteiger partial charge on any atom is -0.466 e. The van der Waals surface area contributed by atoms with Gasteiger partial charge in [0.1, 0.15) is 6.54 Å². The lowest BCUT2D eigenvalue weighted by molar-refractivity contribution is -0.142. The van der Waals surface area contributed by atoms with Crippen molar-refractivity contribution in [1.82, 2.24) is 9.78 Å². The van der Waals surface area contributed by atoms with Gasteiger partial charge in [0.2, 0.25) is 5.91 Å². The van der Waals surface area contributed by atoms with Gasteiger partial charge in [0.25, 0.3) is 5.56 Å². The molecular weight excluding hydrogens is 394 g/mol. The summed E-state index contributed by atoms with van der Waals surface area (Å²) in [6.45, 7) is 3.45. The highest BCUT2D eigenvalue weighted by Gasteiger charge is 2.16. The van der Waals surface area contributed by atoms with Gasteiger partial charge < -0.3 is 10.1 Å². The van der Waals surface area contributed by atoms with Crippen molar-refractivity contribution >= 4 is 39.9 Å². The maximum absolute atomic E-state index is 12.8. The fraction of sp³-hybridized carbons (Fsp3) is 0.238. The monoisotopic (exact) mass is 413 g/mol. The van der Waals surface area contributed by atoms with Crippen LogP contribution in [0.2, 0.25) is 5.02 Å². The third-order valence-electron chi connectivity index (χ3n) is 4.40. The molecule has 8 heteroatoms. The van der Waals surface area contributed by atoms with Gasteiger partial charge in [0, 0.05) is 16.1 Å². The number of fused-ring (bicyclic) bond motifs is 1. The van der Waals surface area contributed by atoms with Gasteiger partial charge in [-0.3, -0.25) is 14.4 Å². The van der Waals surface area contributed by atoms with Gasteiger partial charge in [0.05, 0.1) is 24.1 Å².